The predicted octanol–water partition coefficient (Wildman–Crippen LogP) is 7.46. The molecule has 0 saturated carbocycles. The molecular formula is C24H14Cl2N4O4. The minimum Gasteiger partial charge on any atom is -0.258 e. The second kappa shape index (κ2) is 9.78. The molecule has 8 nitrogen and oxygen atoms in total. The highest BCUT2D eigenvalue weighted by molar-refractivity contribution is 6.33. The van der Waals surface area contributed by atoms with E-state index in [1.165, 1.54) is 48.8 Å². The summed E-state index contributed by atoms with van der Waals surface area (Å²) in [5.41, 5.74) is 1.90. The zero-order valence-corrected chi connectivity index (χ0v) is 18.8. The fourth-order valence-corrected chi connectivity index (χ4v) is 3.60. The van der Waals surface area contributed by atoms with Crippen molar-refractivity contribution >= 4 is 69.2 Å². The van der Waals surface area contributed by atoms with Crippen molar-refractivity contribution in [1.29, 1.82) is 0 Å². The van der Waals surface area contributed by atoms with Crippen LogP contribution in [0.3, 0.4) is 0 Å². The van der Waals surface area contributed by atoms with Gasteiger partial charge < -0.3 is 0 Å². The van der Waals surface area contributed by atoms with Gasteiger partial charge in [-0.15, -0.1) is 0 Å². The number of nitrogens with zero attached hydrogens (tertiary/aromatic N) is 4. The van der Waals surface area contributed by atoms with Crippen molar-refractivity contribution in [3.8, 4) is 0 Å². The van der Waals surface area contributed by atoms with Crippen LogP contribution in [-0.4, -0.2) is 22.3 Å². The molecule has 0 unspecified atom stereocenters. The lowest BCUT2D eigenvalue weighted by Crippen LogP contribution is -1.91. The number of benzene rings is 4. The molecule has 0 heterocycles. The summed E-state index contributed by atoms with van der Waals surface area (Å²) in [5, 5.41) is 24.4. The highest BCUT2D eigenvalue weighted by atomic mass is 35.5. The van der Waals surface area contributed by atoms with Gasteiger partial charge in [0.05, 0.1) is 21.2 Å². The molecule has 0 aliphatic rings. The van der Waals surface area contributed by atoms with Gasteiger partial charge in [0, 0.05) is 68.6 Å². The van der Waals surface area contributed by atoms with Crippen molar-refractivity contribution in [2.24, 2.45) is 9.98 Å². The van der Waals surface area contributed by atoms with Gasteiger partial charge in [0.15, 0.2) is 0 Å². The maximum Gasteiger partial charge on any atom is 0.270 e. The van der Waals surface area contributed by atoms with Crippen LogP contribution in [0.25, 0.3) is 10.8 Å². The second-order valence-corrected chi connectivity index (χ2v) is 7.91. The summed E-state index contributed by atoms with van der Waals surface area (Å²) in [5.74, 6) is 0. The van der Waals surface area contributed by atoms with Gasteiger partial charge in [0.25, 0.3) is 11.4 Å². The van der Waals surface area contributed by atoms with Crippen LogP contribution in [0.5, 0.6) is 0 Å². The average Bonchev–Trinajstić information content (AvgIpc) is 2.82. The minimum atomic E-state index is -0.497. The maximum atomic E-state index is 11.1. The third-order valence-corrected chi connectivity index (χ3v) is 5.63. The van der Waals surface area contributed by atoms with Gasteiger partial charge in [0.2, 0.25) is 0 Å². The lowest BCUT2D eigenvalue weighted by molar-refractivity contribution is -0.385. The van der Waals surface area contributed by atoms with Gasteiger partial charge in [0.1, 0.15) is 0 Å². The summed E-state index contributed by atoms with van der Waals surface area (Å²) in [7, 11) is 0. The third kappa shape index (κ3) is 4.93. The predicted molar refractivity (Wildman–Crippen MR) is 135 cm³/mol. The Balaban J connectivity index is 1.71. The first-order valence-corrected chi connectivity index (χ1v) is 10.6. The minimum absolute atomic E-state index is 0.0831. The molecule has 4 aromatic carbocycles. The van der Waals surface area contributed by atoms with Crippen LogP contribution >= 0.6 is 23.2 Å². The lowest BCUT2D eigenvalue weighted by atomic mass is 10.1. The monoisotopic (exact) mass is 492 g/mol. The largest absolute Gasteiger partial charge is 0.270 e. The highest BCUT2D eigenvalue weighted by Gasteiger charge is 2.10. The quantitative estimate of drug-likeness (QED) is 0.158. The summed E-state index contributed by atoms with van der Waals surface area (Å²) in [4.78, 5) is 30.1. The van der Waals surface area contributed by atoms with Gasteiger partial charge in [-0.1, -0.05) is 47.5 Å². The molecule has 34 heavy (non-hydrogen) atoms. The fraction of sp³-hybridized carbons (Fsp3) is 0. The second-order valence-electron chi connectivity index (χ2n) is 7.09. The first kappa shape index (κ1) is 23.0. The Hall–Kier alpha value is -4.14. The fourth-order valence-electron chi connectivity index (χ4n) is 3.27. The molecule has 0 aliphatic carbocycles. The first-order valence-electron chi connectivity index (χ1n) is 9.81. The number of non-ortho nitro benzene ring substituents is 2. The summed E-state index contributed by atoms with van der Waals surface area (Å²) >= 11 is 12.3. The van der Waals surface area contributed by atoms with Crippen LogP contribution in [0.4, 0.5) is 22.7 Å². The molecule has 0 aliphatic heterocycles. The maximum absolute atomic E-state index is 11.1. The molecule has 0 fully saturated rings. The topological polar surface area (TPSA) is 111 Å². The SMILES string of the molecule is O=[N+]([O-])c1ccc(Cl)c(C=Nc2cccc3c(N=Cc4cc([N+](=O)[O-])ccc4Cl)cccc23)c1. The van der Waals surface area contributed by atoms with E-state index in [9.17, 15) is 20.2 Å². The molecule has 0 N–H and O–H groups in total. The number of nitro benzene ring substituents is 2. The Morgan fingerprint density at radius 2 is 1.06 bits per heavy atom. The standard InChI is InChI=1S/C24H14Cl2N4O4/c25-21-9-7-17(29(31)32)11-15(21)13-27-23-5-1-3-19-20(23)4-2-6-24(19)28-14-16-12-18(30(33)34)8-10-22(16)26/h1-14H. The molecule has 10 heteroatoms. The van der Waals surface area contributed by atoms with Gasteiger partial charge in [-0.3, -0.25) is 30.2 Å². The van der Waals surface area contributed by atoms with Crippen molar-refractivity contribution in [3.05, 3.63) is 114 Å². The van der Waals surface area contributed by atoms with E-state index in [0.717, 1.165) is 10.8 Å². The smallest absolute Gasteiger partial charge is 0.258 e. The van der Waals surface area contributed by atoms with E-state index >= 15 is 0 Å². The molecule has 0 radical (unpaired) electrons. The van der Waals surface area contributed by atoms with Gasteiger partial charge in [-0.2, -0.15) is 0 Å². The Morgan fingerprint density at radius 3 is 1.44 bits per heavy atom. The average molecular weight is 493 g/mol. The Bertz CT molecular complexity index is 1390. The Morgan fingerprint density at radius 1 is 0.647 bits per heavy atom. The summed E-state index contributed by atoms with van der Waals surface area (Å²) in [6.07, 6.45) is 2.95. The Kier molecular flexibility index (Phi) is 6.62. The van der Waals surface area contributed by atoms with Crippen molar-refractivity contribution in [2.45, 2.75) is 0 Å². The van der Waals surface area contributed by atoms with E-state index in [1.807, 2.05) is 24.3 Å². The number of fused-ring (bicyclic) bond motifs is 1. The lowest BCUT2D eigenvalue weighted by Gasteiger charge is -2.06. The zero-order chi connectivity index (χ0) is 24.2. The highest BCUT2D eigenvalue weighted by Crippen LogP contribution is 2.33. The third-order valence-electron chi connectivity index (χ3n) is 4.94. The molecule has 0 amide bonds. The summed E-state index contributed by atoms with van der Waals surface area (Å²) in [6.45, 7) is 0. The van der Waals surface area contributed by atoms with Gasteiger partial charge in [-0.25, -0.2) is 0 Å². The molecular weight excluding hydrogens is 479 g/mol. The van der Waals surface area contributed by atoms with Gasteiger partial charge in [-0.05, 0) is 24.3 Å². The molecule has 0 aromatic heterocycles. The summed E-state index contributed by atoms with van der Waals surface area (Å²) in [6, 6.07) is 19.2. The van der Waals surface area contributed by atoms with Crippen LogP contribution in [0.15, 0.2) is 82.8 Å². The van der Waals surface area contributed by atoms with Crippen LogP contribution in [0.1, 0.15) is 11.1 Å². The van der Waals surface area contributed by atoms with Crippen molar-refractivity contribution in [1.82, 2.24) is 0 Å². The number of hydrogen-bond acceptors (Lipinski definition) is 6. The number of nitro groups is 2. The van der Waals surface area contributed by atoms with Crippen molar-refractivity contribution in [2.75, 3.05) is 0 Å². The van der Waals surface area contributed by atoms with E-state index in [-0.39, 0.29) is 11.4 Å². The van der Waals surface area contributed by atoms with Gasteiger partial charge >= 0.3 is 0 Å². The van der Waals surface area contributed by atoms with Crippen LogP contribution in [0.2, 0.25) is 10.0 Å². The van der Waals surface area contributed by atoms with E-state index in [2.05, 4.69) is 9.98 Å². The number of rotatable bonds is 6. The molecule has 0 saturated heterocycles. The zero-order valence-electron chi connectivity index (χ0n) is 17.3. The van der Waals surface area contributed by atoms with Crippen molar-refractivity contribution in [3.63, 3.8) is 0 Å². The first-order chi connectivity index (χ1) is 16.3. The molecule has 4 rings (SSSR count). The van der Waals surface area contributed by atoms with E-state index < -0.39 is 9.85 Å². The summed E-state index contributed by atoms with van der Waals surface area (Å²) < 4.78 is 0. The molecule has 0 spiro atoms. The molecule has 0 atom stereocenters. The number of hydrogen-bond donors (Lipinski definition) is 0. The van der Waals surface area contributed by atoms with Crippen LogP contribution in [0, 0.1) is 20.2 Å². The normalized spacial score (nSPS) is 11.5. The Labute approximate surface area is 203 Å². The van der Waals surface area contributed by atoms with E-state index in [4.69, 9.17) is 23.2 Å². The molecule has 0 bridgehead atoms. The van der Waals surface area contributed by atoms with E-state index in [1.54, 1.807) is 12.1 Å². The van der Waals surface area contributed by atoms with Crippen LogP contribution < -0.4 is 0 Å². The number of aliphatic imine (C=N–C) groups is 2. The van der Waals surface area contributed by atoms with Crippen molar-refractivity contribution < 1.29 is 9.85 Å². The van der Waals surface area contributed by atoms with Crippen LogP contribution in [-0.2, 0) is 0 Å². The molecule has 4 aromatic rings. The van der Waals surface area contributed by atoms with E-state index in [0.29, 0.717) is 32.5 Å². The molecule has 168 valence electrons. The number of halogens is 2.